The van der Waals surface area contributed by atoms with Gasteiger partial charge in [0.15, 0.2) is 0 Å². The Hall–Kier alpha value is -3.03. The highest BCUT2D eigenvalue weighted by atomic mass is 16.2. The van der Waals surface area contributed by atoms with Crippen LogP contribution >= 0.6 is 0 Å². The zero-order valence-corrected chi connectivity index (χ0v) is 16.9. The van der Waals surface area contributed by atoms with Gasteiger partial charge in [-0.05, 0) is 17.7 Å². The molecule has 1 fully saturated rings. The average molecular weight is 406 g/mol. The highest BCUT2D eigenvalue weighted by molar-refractivity contribution is 6.22. The fourth-order valence-corrected chi connectivity index (χ4v) is 3.95. The summed E-state index contributed by atoms with van der Waals surface area (Å²) >= 11 is 0. The van der Waals surface area contributed by atoms with Crippen LogP contribution in [-0.4, -0.2) is 78.2 Å². The maximum Gasteiger partial charge on any atom is 0.262 e. The van der Waals surface area contributed by atoms with Crippen molar-refractivity contribution in [3.05, 3.63) is 71.3 Å². The lowest BCUT2D eigenvalue weighted by Crippen LogP contribution is -2.48. The highest BCUT2D eigenvalue weighted by Crippen LogP contribution is 2.21. The molecule has 7 nitrogen and oxygen atoms in total. The molecule has 0 aliphatic carbocycles. The second-order valence-electron chi connectivity index (χ2n) is 7.70. The molecule has 156 valence electrons. The molecule has 0 radical (unpaired) electrons. The van der Waals surface area contributed by atoms with E-state index in [0.717, 1.165) is 44.2 Å². The highest BCUT2D eigenvalue weighted by Gasteiger charge is 2.36. The summed E-state index contributed by atoms with van der Waals surface area (Å²) in [4.78, 5) is 42.7. The first kappa shape index (κ1) is 20.3. The predicted octanol–water partition coefficient (Wildman–Crippen LogP) is 1.22. The van der Waals surface area contributed by atoms with Gasteiger partial charge in [-0.3, -0.25) is 29.1 Å². The number of amides is 3. The van der Waals surface area contributed by atoms with Crippen LogP contribution in [0.5, 0.6) is 0 Å². The number of fused-ring (bicyclic) bond motifs is 1. The third kappa shape index (κ3) is 4.58. The second-order valence-corrected chi connectivity index (χ2v) is 7.70. The minimum absolute atomic E-state index is 0.239. The molecule has 2 aromatic rings. The van der Waals surface area contributed by atoms with Crippen molar-refractivity contribution < 1.29 is 14.4 Å². The first-order chi connectivity index (χ1) is 14.6. The first-order valence-electron chi connectivity index (χ1n) is 10.3. The van der Waals surface area contributed by atoms with E-state index < -0.39 is 11.8 Å². The second kappa shape index (κ2) is 9.19. The van der Waals surface area contributed by atoms with Gasteiger partial charge in [0.25, 0.3) is 11.8 Å². The van der Waals surface area contributed by atoms with Gasteiger partial charge >= 0.3 is 0 Å². The largest absolute Gasteiger partial charge is 0.353 e. The van der Waals surface area contributed by atoms with Crippen molar-refractivity contribution >= 4 is 17.7 Å². The summed E-state index contributed by atoms with van der Waals surface area (Å²) in [6, 6.07) is 17.1. The molecule has 7 heteroatoms. The normalized spacial score (nSPS) is 17.3. The molecule has 2 aromatic carbocycles. The molecule has 2 aliphatic heterocycles. The Balaban J connectivity index is 1.16. The number of piperazine rings is 1. The average Bonchev–Trinajstić information content (AvgIpc) is 3.01. The van der Waals surface area contributed by atoms with Gasteiger partial charge in [0.05, 0.1) is 11.1 Å². The van der Waals surface area contributed by atoms with Crippen molar-refractivity contribution in [1.29, 1.82) is 0 Å². The minimum atomic E-state index is -0.403. The number of benzene rings is 2. The first-order valence-corrected chi connectivity index (χ1v) is 10.3. The van der Waals surface area contributed by atoms with Crippen LogP contribution in [0.2, 0.25) is 0 Å². The predicted molar refractivity (Wildman–Crippen MR) is 113 cm³/mol. The van der Waals surface area contributed by atoms with Gasteiger partial charge in [-0.2, -0.15) is 0 Å². The molecule has 0 unspecified atom stereocenters. The Morgan fingerprint density at radius 2 is 1.37 bits per heavy atom. The van der Waals surface area contributed by atoms with Crippen LogP contribution in [-0.2, 0) is 11.3 Å². The number of nitrogens with one attached hydrogen (secondary N) is 1. The van der Waals surface area contributed by atoms with Gasteiger partial charge in [-0.15, -0.1) is 0 Å². The minimum Gasteiger partial charge on any atom is -0.353 e. The van der Waals surface area contributed by atoms with E-state index >= 15 is 0 Å². The molecule has 30 heavy (non-hydrogen) atoms. The van der Waals surface area contributed by atoms with E-state index in [1.165, 1.54) is 5.56 Å². The number of hydrogen-bond donors (Lipinski definition) is 1. The lowest BCUT2D eigenvalue weighted by atomic mass is 10.1. The lowest BCUT2D eigenvalue weighted by molar-refractivity contribution is -0.121. The summed E-state index contributed by atoms with van der Waals surface area (Å²) in [6.45, 7) is 5.90. The molecule has 1 saturated heterocycles. The van der Waals surface area contributed by atoms with Crippen molar-refractivity contribution in [2.45, 2.75) is 6.54 Å². The van der Waals surface area contributed by atoms with E-state index in [-0.39, 0.29) is 12.5 Å². The zero-order valence-electron chi connectivity index (χ0n) is 16.9. The van der Waals surface area contributed by atoms with Crippen molar-refractivity contribution in [2.75, 3.05) is 45.8 Å². The summed E-state index contributed by atoms with van der Waals surface area (Å²) in [5.41, 5.74) is 2.05. The SMILES string of the molecule is O=C(CN1C(=O)c2ccccc2C1=O)NCCN1CCN(Cc2ccccc2)CC1. The topological polar surface area (TPSA) is 73.0 Å². The van der Waals surface area contributed by atoms with Crippen LogP contribution in [0.1, 0.15) is 26.3 Å². The van der Waals surface area contributed by atoms with Gasteiger partial charge in [-0.25, -0.2) is 0 Å². The standard InChI is InChI=1S/C23H26N4O3/c28-21(17-27-22(29)19-8-4-5-9-20(19)23(27)30)24-10-11-25-12-14-26(15-13-25)16-18-6-2-1-3-7-18/h1-9H,10-17H2,(H,24,28). The Morgan fingerprint density at radius 1 is 0.800 bits per heavy atom. The number of rotatable bonds is 7. The van der Waals surface area contributed by atoms with E-state index in [1.807, 2.05) is 6.07 Å². The van der Waals surface area contributed by atoms with Crippen molar-refractivity contribution in [2.24, 2.45) is 0 Å². The van der Waals surface area contributed by atoms with Crippen LogP contribution < -0.4 is 5.32 Å². The third-order valence-corrected chi connectivity index (χ3v) is 5.64. The quantitative estimate of drug-likeness (QED) is 0.700. The molecule has 0 spiro atoms. The summed E-state index contributed by atoms with van der Waals surface area (Å²) in [5, 5.41) is 2.84. The van der Waals surface area contributed by atoms with E-state index in [1.54, 1.807) is 24.3 Å². The van der Waals surface area contributed by atoms with E-state index in [4.69, 9.17) is 0 Å². The van der Waals surface area contributed by atoms with Crippen LogP contribution in [0.4, 0.5) is 0 Å². The zero-order chi connectivity index (χ0) is 20.9. The summed E-state index contributed by atoms with van der Waals surface area (Å²) in [5.74, 6) is -1.12. The molecule has 2 heterocycles. The van der Waals surface area contributed by atoms with Gasteiger partial charge in [-0.1, -0.05) is 42.5 Å². The van der Waals surface area contributed by atoms with Gasteiger partial charge < -0.3 is 5.32 Å². The van der Waals surface area contributed by atoms with Crippen molar-refractivity contribution in [3.63, 3.8) is 0 Å². The Labute approximate surface area is 176 Å². The number of nitrogens with zero attached hydrogens (tertiary/aromatic N) is 3. The fourth-order valence-electron chi connectivity index (χ4n) is 3.95. The maximum atomic E-state index is 12.3. The molecule has 0 bridgehead atoms. The van der Waals surface area contributed by atoms with Gasteiger partial charge in [0.2, 0.25) is 5.91 Å². The van der Waals surface area contributed by atoms with Crippen molar-refractivity contribution in [3.8, 4) is 0 Å². The van der Waals surface area contributed by atoms with Crippen LogP contribution in [0.3, 0.4) is 0 Å². The monoisotopic (exact) mass is 406 g/mol. The van der Waals surface area contributed by atoms with E-state index in [2.05, 4.69) is 39.4 Å². The number of imide groups is 1. The molecule has 1 N–H and O–H groups in total. The van der Waals surface area contributed by atoms with Gasteiger partial charge in [0.1, 0.15) is 6.54 Å². The molecular weight excluding hydrogens is 380 g/mol. The van der Waals surface area contributed by atoms with Crippen molar-refractivity contribution in [1.82, 2.24) is 20.0 Å². The molecule has 2 aliphatic rings. The lowest BCUT2D eigenvalue weighted by Gasteiger charge is -2.34. The van der Waals surface area contributed by atoms with Crippen LogP contribution in [0.15, 0.2) is 54.6 Å². The molecule has 0 atom stereocenters. The number of carbonyl (C=O) groups is 3. The summed E-state index contributed by atoms with van der Waals surface area (Å²) in [6.07, 6.45) is 0. The molecular formula is C23H26N4O3. The Bertz CT molecular complexity index is 888. The van der Waals surface area contributed by atoms with Gasteiger partial charge in [0, 0.05) is 45.8 Å². The van der Waals surface area contributed by atoms with Crippen LogP contribution in [0, 0.1) is 0 Å². The molecule has 0 saturated carbocycles. The van der Waals surface area contributed by atoms with E-state index in [0.29, 0.717) is 17.7 Å². The maximum absolute atomic E-state index is 12.3. The number of carbonyl (C=O) groups excluding carboxylic acids is 3. The smallest absolute Gasteiger partial charge is 0.262 e. The Morgan fingerprint density at radius 3 is 2.00 bits per heavy atom. The molecule has 4 rings (SSSR count). The van der Waals surface area contributed by atoms with E-state index in [9.17, 15) is 14.4 Å². The summed E-state index contributed by atoms with van der Waals surface area (Å²) in [7, 11) is 0. The molecule has 0 aromatic heterocycles. The Kier molecular flexibility index (Phi) is 6.21. The fraction of sp³-hybridized carbons (Fsp3) is 0.348. The number of hydrogen-bond acceptors (Lipinski definition) is 5. The molecule has 3 amide bonds. The van der Waals surface area contributed by atoms with Crippen LogP contribution in [0.25, 0.3) is 0 Å². The third-order valence-electron chi connectivity index (χ3n) is 5.64. The summed E-state index contributed by atoms with van der Waals surface area (Å²) < 4.78 is 0.